The van der Waals surface area contributed by atoms with Crippen LogP contribution in [0.3, 0.4) is 0 Å². The zero-order valence-electron chi connectivity index (χ0n) is 13.6. The van der Waals surface area contributed by atoms with Gasteiger partial charge in [-0.3, -0.25) is 9.89 Å². The van der Waals surface area contributed by atoms with Crippen molar-refractivity contribution in [1.29, 1.82) is 0 Å². The minimum atomic E-state index is 0.362. The third kappa shape index (κ3) is 3.59. The number of nitrogens with one attached hydrogen (secondary N) is 1. The monoisotopic (exact) mass is 302 g/mol. The number of morpholine rings is 1. The third-order valence-electron chi connectivity index (χ3n) is 4.43. The van der Waals surface area contributed by atoms with Crippen LogP contribution in [0.25, 0.3) is 0 Å². The summed E-state index contributed by atoms with van der Waals surface area (Å²) in [5, 5.41) is 3.54. The Balaban J connectivity index is 1.73. The van der Waals surface area contributed by atoms with Gasteiger partial charge in [-0.05, 0) is 12.5 Å². The Morgan fingerprint density at radius 2 is 2.09 bits per heavy atom. The molecule has 1 saturated heterocycles. The van der Waals surface area contributed by atoms with Gasteiger partial charge in [-0.1, -0.05) is 29.8 Å². The average Bonchev–Trinajstić information content (AvgIpc) is 2.94. The zero-order valence-corrected chi connectivity index (χ0v) is 13.6. The highest BCUT2D eigenvalue weighted by Gasteiger charge is 2.24. The second kappa shape index (κ2) is 7.11. The number of ether oxygens (including phenoxy) is 1. The van der Waals surface area contributed by atoms with Crippen LogP contribution >= 0.6 is 0 Å². The highest BCUT2D eigenvalue weighted by atomic mass is 16.5. The normalized spacial score (nSPS) is 20.8. The van der Waals surface area contributed by atoms with Crippen LogP contribution in [0.5, 0.6) is 0 Å². The molecule has 2 aliphatic heterocycles. The Morgan fingerprint density at radius 3 is 2.77 bits per heavy atom. The van der Waals surface area contributed by atoms with E-state index in [1.54, 1.807) is 0 Å². The molecule has 0 amide bonds. The van der Waals surface area contributed by atoms with Crippen LogP contribution in [0.4, 0.5) is 0 Å². The molecule has 5 nitrogen and oxygen atoms in total. The maximum atomic E-state index is 5.51. The number of rotatable bonds is 4. The summed E-state index contributed by atoms with van der Waals surface area (Å²) in [4.78, 5) is 9.24. The lowest BCUT2D eigenvalue weighted by molar-refractivity contribution is 0.0169. The number of aryl methyl sites for hydroxylation is 1. The maximum absolute atomic E-state index is 5.51. The van der Waals surface area contributed by atoms with E-state index >= 15 is 0 Å². The fourth-order valence-electron chi connectivity index (χ4n) is 3.14. The molecule has 1 N–H and O–H groups in total. The molecule has 0 bridgehead atoms. The van der Waals surface area contributed by atoms with Gasteiger partial charge >= 0.3 is 0 Å². The molecule has 0 aliphatic carbocycles. The number of hydrogen-bond donors (Lipinski definition) is 1. The van der Waals surface area contributed by atoms with Crippen molar-refractivity contribution in [1.82, 2.24) is 15.1 Å². The van der Waals surface area contributed by atoms with Crippen molar-refractivity contribution >= 4 is 5.96 Å². The molecule has 0 aromatic heterocycles. The van der Waals surface area contributed by atoms with E-state index in [1.807, 2.05) is 0 Å². The first-order valence-corrected chi connectivity index (χ1v) is 8.12. The number of guanidine groups is 1. The molecule has 2 aliphatic rings. The van der Waals surface area contributed by atoms with Crippen LogP contribution in [-0.2, 0) is 4.74 Å². The second-order valence-corrected chi connectivity index (χ2v) is 6.09. The van der Waals surface area contributed by atoms with Crippen LogP contribution in [0.1, 0.15) is 17.2 Å². The molecular weight excluding hydrogens is 276 g/mol. The van der Waals surface area contributed by atoms with E-state index in [0.717, 1.165) is 51.9 Å². The minimum absolute atomic E-state index is 0.362. The van der Waals surface area contributed by atoms with E-state index < -0.39 is 0 Å². The van der Waals surface area contributed by atoms with E-state index in [4.69, 9.17) is 4.74 Å². The lowest BCUT2D eigenvalue weighted by atomic mass is 10.0. The predicted octanol–water partition coefficient (Wildman–Crippen LogP) is 1.26. The molecule has 1 fully saturated rings. The summed E-state index contributed by atoms with van der Waals surface area (Å²) >= 11 is 0. The standard InChI is InChI=1S/C17H26N4O/c1-14-4-3-5-15(12-14)16(21-8-10-22-11-9-21)13-19-17-18-6-7-20(17)2/h3-5,12,16H,6-11,13H2,1-2H3,(H,18,19). The van der Waals surface area contributed by atoms with Crippen molar-refractivity contribution in [3.63, 3.8) is 0 Å². The molecular formula is C17H26N4O. The van der Waals surface area contributed by atoms with Gasteiger partial charge in [0.05, 0.1) is 25.8 Å². The smallest absolute Gasteiger partial charge is 0.193 e. The minimum Gasteiger partial charge on any atom is -0.379 e. The van der Waals surface area contributed by atoms with Crippen LogP contribution in [0, 0.1) is 6.92 Å². The zero-order chi connectivity index (χ0) is 15.4. The molecule has 1 atom stereocenters. The number of hydrogen-bond acceptors (Lipinski definition) is 5. The van der Waals surface area contributed by atoms with E-state index in [9.17, 15) is 0 Å². The van der Waals surface area contributed by atoms with Gasteiger partial charge in [-0.15, -0.1) is 0 Å². The van der Waals surface area contributed by atoms with E-state index in [2.05, 4.69) is 58.3 Å². The lowest BCUT2D eigenvalue weighted by Crippen LogP contribution is -2.45. The van der Waals surface area contributed by atoms with Gasteiger partial charge in [0.25, 0.3) is 0 Å². The van der Waals surface area contributed by atoms with Crippen molar-refractivity contribution in [3.05, 3.63) is 35.4 Å². The first-order valence-electron chi connectivity index (χ1n) is 8.12. The summed E-state index contributed by atoms with van der Waals surface area (Å²) < 4.78 is 5.51. The molecule has 2 heterocycles. The third-order valence-corrected chi connectivity index (χ3v) is 4.43. The van der Waals surface area contributed by atoms with Crippen molar-refractivity contribution in [3.8, 4) is 0 Å². The molecule has 120 valence electrons. The van der Waals surface area contributed by atoms with Gasteiger partial charge in [0.1, 0.15) is 0 Å². The summed E-state index contributed by atoms with van der Waals surface area (Å²) in [5.41, 5.74) is 2.68. The van der Waals surface area contributed by atoms with Gasteiger partial charge in [-0.2, -0.15) is 0 Å². The summed E-state index contributed by atoms with van der Waals surface area (Å²) in [6.45, 7) is 8.56. The van der Waals surface area contributed by atoms with E-state index in [1.165, 1.54) is 11.1 Å². The number of nitrogens with zero attached hydrogens (tertiary/aromatic N) is 3. The Bertz CT molecular complexity index is 525. The Labute approximate surface area is 133 Å². The summed E-state index contributed by atoms with van der Waals surface area (Å²) in [6.07, 6.45) is 0. The van der Waals surface area contributed by atoms with Crippen LogP contribution < -0.4 is 5.32 Å². The molecule has 1 unspecified atom stereocenters. The van der Waals surface area contributed by atoms with Crippen LogP contribution in [-0.4, -0.2) is 68.7 Å². The van der Waals surface area contributed by atoms with E-state index in [-0.39, 0.29) is 0 Å². The lowest BCUT2D eigenvalue weighted by Gasteiger charge is -2.35. The number of likely N-dealkylation sites (N-methyl/N-ethyl adjacent to an activating group) is 1. The van der Waals surface area contributed by atoms with Crippen molar-refractivity contribution in [2.75, 3.05) is 53.0 Å². The maximum Gasteiger partial charge on any atom is 0.193 e. The Hall–Kier alpha value is -1.59. The quantitative estimate of drug-likeness (QED) is 0.909. The Kier molecular flexibility index (Phi) is 4.95. The fourth-order valence-corrected chi connectivity index (χ4v) is 3.14. The number of benzene rings is 1. The fraction of sp³-hybridized carbons (Fsp3) is 0.588. The first kappa shape index (κ1) is 15.3. The number of aliphatic imine (C=N–C) groups is 1. The SMILES string of the molecule is Cc1cccc(C(CNC2=NCCN2C)N2CCOCC2)c1. The molecule has 0 saturated carbocycles. The topological polar surface area (TPSA) is 40.1 Å². The van der Waals surface area contributed by atoms with Crippen molar-refractivity contribution < 1.29 is 4.74 Å². The highest BCUT2D eigenvalue weighted by molar-refractivity contribution is 5.81. The van der Waals surface area contributed by atoms with Gasteiger partial charge in [0.2, 0.25) is 0 Å². The second-order valence-electron chi connectivity index (χ2n) is 6.09. The van der Waals surface area contributed by atoms with Gasteiger partial charge < -0.3 is 15.0 Å². The first-order chi connectivity index (χ1) is 10.7. The average molecular weight is 302 g/mol. The van der Waals surface area contributed by atoms with Gasteiger partial charge in [0.15, 0.2) is 5.96 Å². The molecule has 1 aromatic carbocycles. The van der Waals surface area contributed by atoms with Gasteiger partial charge in [-0.25, -0.2) is 0 Å². The predicted molar refractivity (Wildman–Crippen MR) is 89.2 cm³/mol. The largest absolute Gasteiger partial charge is 0.379 e. The molecule has 0 spiro atoms. The highest BCUT2D eigenvalue weighted by Crippen LogP contribution is 2.22. The van der Waals surface area contributed by atoms with Crippen LogP contribution in [0.15, 0.2) is 29.3 Å². The summed E-state index contributed by atoms with van der Waals surface area (Å²) in [7, 11) is 2.09. The summed E-state index contributed by atoms with van der Waals surface area (Å²) in [5.74, 6) is 1.02. The van der Waals surface area contributed by atoms with Gasteiger partial charge in [0, 0.05) is 33.2 Å². The Morgan fingerprint density at radius 1 is 1.27 bits per heavy atom. The van der Waals surface area contributed by atoms with Crippen molar-refractivity contribution in [2.45, 2.75) is 13.0 Å². The van der Waals surface area contributed by atoms with E-state index in [0.29, 0.717) is 6.04 Å². The molecule has 0 radical (unpaired) electrons. The van der Waals surface area contributed by atoms with Crippen molar-refractivity contribution in [2.24, 2.45) is 4.99 Å². The summed E-state index contributed by atoms with van der Waals surface area (Å²) in [6, 6.07) is 9.19. The molecule has 5 heteroatoms. The van der Waals surface area contributed by atoms with Crippen LogP contribution in [0.2, 0.25) is 0 Å². The molecule has 22 heavy (non-hydrogen) atoms. The molecule has 1 aromatic rings. The molecule has 3 rings (SSSR count).